The lowest BCUT2D eigenvalue weighted by atomic mass is 9.77. The third-order valence-corrected chi connectivity index (χ3v) is 7.32. The molecule has 1 aliphatic heterocycles. The van der Waals surface area contributed by atoms with Crippen molar-refractivity contribution in [1.82, 2.24) is 15.1 Å². The van der Waals surface area contributed by atoms with Crippen LogP contribution in [0, 0.1) is 18.6 Å². The highest BCUT2D eigenvalue weighted by atomic mass is 19.1. The zero-order chi connectivity index (χ0) is 28.2. The quantitative estimate of drug-likeness (QED) is 0.218. The van der Waals surface area contributed by atoms with E-state index in [0.717, 1.165) is 5.39 Å². The predicted molar refractivity (Wildman–Crippen MR) is 148 cm³/mol. The van der Waals surface area contributed by atoms with Crippen molar-refractivity contribution in [2.75, 3.05) is 10.6 Å². The maximum atomic E-state index is 16.2. The Hall–Kier alpha value is -4.73. The highest BCUT2D eigenvalue weighted by molar-refractivity contribution is 5.95. The minimum atomic E-state index is -0.826. The number of carbonyl (C=O) groups is 1. The first-order chi connectivity index (χ1) is 19.1. The van der Waals surface area contributed by atoms with E-state index >= 15 is 8.78 Å². The molecule has 0 fully saturated rings. The number of halogens is 2. The molecule has 6 rings (SSSR count). The van der Waals surface area contributed by atoms with E-state index in [1.165, 1.54) is 6.07 Å². The number of aromatic amines is 1. The van der Waals surface area contributed by atoms with E-state index in [9.17, 15) is 4.79 Å². The zero-order valence-corrected chi connectivity index (χ0v) is 22.3. The monoisotopic (exact) mass is 543 g/mol. The van der Waals surface area contributed by atoms with Gasteiger partial charge in [0.2, 0.25) is 11.7 Å². The molecule has 204 valence electrons. The molecule has 0 bridgehead atoms. The minimum absolute atomic E-state index is 0.128. The van der Waals surface area contributed by atoms with Gasteiger partial charge in [0.05, 0.1) is 16.6 Å². The predicted octanol–water partition coefficient (Wildman–Crippen LogP) is 7.40. The number of nitrogens with one attached hydrogen (secondary N) is 3. The van der Waals surface area contributed by atoms with Gasteiger partial charge in [-0.3, -0.25) is 5.32 Å². The second-order valence-corrected chi connectivity index (χ2v) is 10.6. The fourth-order valence-electron chi connectivity index (χ4n) is 5.58. The molecule has 40 heavy (non-hydrogen) atoms. The van der Waals surface area contributed by atoms with Crippen molar-refractivity contribution in [3.05, 3.63) is 83.9 Å². The van der Waals surface area contributed by atoms with Crippen molar-refractivity contribution in [1.29, 1.82) is 0 Å². The summed E-state index contributed by atoms with van der Waals surface area (Å²) < 4.78 is 42.6. The molecular weight excluding hydrogens is 516 g/mol. The highest BCUT2D eigenvalue weighted by Gasteiger charge is 2.45. The van der Waals surface area contributed by atoms with Crippen LogP contribution >= 0.6 is 0 Å². The van der Waals surface area contributed by atoms with E-state index in [4.69, 9.17) is 9.26 Å². The van der Waals surface area contributed by atoms with Crippen LogP contribution in [-0.2, 0) is 4.74 Å². The molecule has 0 saturated carbocycles. The Balaban J connectivity index is 1.30. The Morgan fingerprint density at radius 2 is 1.93 bits per heavy atom. The fourth-order valence-corrected chi connectivity index (χ4v) is 5.58. The van der Waals surface area contributed by atoms with E-state index in [1.807, 2.05) is 26.0 Å². The molecule has 0 spiro atoms. The van der Waals surface area contributed by atoms with Gasteiger partial charge in [0.25, 0.3) is 0 Å². The molecule has 5 aromatic rings. The lowest BCUT2D eigenvalue weighted by molar-refractivity contribution is 0.0561. The Bertz CT molecular complexity index is 1760. The first-order valence-corrected chi connectivity index (χ1v) is 12.9. The number of fused-ring (bicyclic) bond motifs is 2. The number of ether oxygens (including phenoxy) is 1. The molecule has 3 N–H and O–H groups in total. The van der Waals surface area contributed by atoms with Gasteiger partial charge in [0, 0.05) is 47.1 Å². The Kier molecular flexibility index (Phi) is 6.05. The average molecular weight is 544 g/mol. The molecule has 1 amide bonds. The van der Waals surface area contributed by atoms with Crippen molar-refractivity contribution in [3.8, 4) is 22.5 Å². The van der Waals surface area contributed by atoms with E-state index in [2.05, 4.69) is 25.8 Å². The first kappa shape index (κ1) is 25.5. The van der Waals surface area contributed by atoms with Crippen molar-refractivity contribution >= 4 is 28.4 Å². The molecule has 1 aliphatic rings. The number of nitrogens with zero attached hydrogens (tertiary/aromatic N) is 2. The SMILES string of the molecule is Cc1nc(-c2cccc(NC(=O)O[C@@H]3[C@@H](C)c4c(cc(F)c(-c5cccc6cc[nH]c56)c4F)NC3(C)C)c2)no1. The van der Waals surface area contributed by atoms with E-state index in [1.54, 1.807) is 56.4 Å². The number of hydrogen-bond donors (Lipinski definition) is 3. The number of H-pyrrole nitrogens is 1. The standard InChI is InChI=1S/C30H27F2N5O3/c1-15-23-22(14-21(31)24(25(23)32)20-10-6-7-17-11-12-33-26(17)20)36-30(3,4)27(15)39-29(38)35-19-9-5-8-18(13-19)28-34-16(2)40-37-28/h5-15,27,33,36H,1-4H3,(H,35,38)/t15-,27+/m0/s1. The largest absolute Gasteiger partial charge is 0.443 e. The summed E-state index contributed by atoms with van der Waals surface area (Å²) in [5.74, 6) is -1.14. The number of rotatable bonds is 4. The maximum absolute atomic E-state index is 16.2. The minimum Gasteiger partial charge on any atom is -0.443 e. The molecule has 3 heterocycles. The van der Waals surface area contributed by atoms with Crippen molar-refractivity contribution in [3.63, 3.8) is 0 Å². The lowest BCUT2D eigenvalue weighted by Crippen LogP contribution is -2.52. The van der Waals surface area contributed by atoms with Crippen molar-refractivity contribution in [2.24, 2.45) is 0 Å². The van der Waals surface area contributed by atoms with Crippen LogP contribution in [-0.4, -0.2) is 32.9 Å². The summed E-state index contributed by atoms with van der Waals surface area (Å²) in [4.78, 5) is 20.3. The van der Waals surface area contributed by atoms with Crippen LogP contribution < -0.4 is 10.6 Å². The number of carbonyl (C=O) groups excluding carboxylic acids is 1. The molecular formula is C30H27F2N5O3. The van der Waals surface area contributed by atoms with Crippen LogP contribution in [0.3, 0.4) is 0 Å². The van der Waals surface area contributed by atoms with Crippen LogP contribution in [0.1, 0.15) is 38.1 Å². The number of benzene rings is 3. The van der Waals surface area contributed by atoms with Gasteiger partial charge >= 0.3 is 6.09 Å². The number of aromatic nitrogens is 3. The molecule has 2 atom stereocenters. The van der Waals surface area contributed by atoms with Crippen LogP contribution in [0.25, 0.3) is 33.4 Å². The van der Waals surface area contributed by atoms with Crippen LogP contribution in [0.15, 0.2) is 65.3 Å². The van der Waals surface area contributed by atoms with Gasteiger partial charge in [-0.05, 0) is 43.5 Å². The molecule has 0 radical (unpaired) electrons. The van der Waals surface area contributed by atoms with Crippen LogP contribution in [0.5, 0.6) is 0 Å². The van der Waals surface area contributed by atoms with Crippen LogP contribution in [0.4, 0.5) is 25.0 Å². The summed E-state index contributed by atoms with van der Waals surface area (Å²) in [5.41, 5.74) is 1.82. The van der Waals surface area contributed by atoms with Gasteiger partial charge in [0.15, 0.2) is 0 Å². The number of anilines is 2. The Morgan fingerprint density at radius 1 is 1.12 bits per heavy atom. The fraction of sp³-hybridized carbons (Fsp3) is 0.233. The normalized spacial score (nSPS) is 17.8. The summed E-state index contributed by atoms with van der Waals surface area (Å²) in [7, 11) is 0. The zero-order valence-electron chi connectivity index (χ0n) is 22.3. The second kappa shape index (κ2) is 9.48. The van der Waals surface area contributed by atoms with Gasteiger partial charge in [0.1, 0.15) is 17.7 Å². The molecule has 8 nitrogen and oxygen atoms in total. The van der Waals surface area contributed by atoms with E-state index < -0.39 is 35.3 Å². The van der Waals surface area contributed by atoms with Crippen LogP contribution in [0.2, 0.25) is 0 Å². The molecule has 10 heteroatoms. The number of aryl methyl sites for hydroxylation is 1. The molecule has 0 aliphatic carbocycles. The Morgan fingerprint density at radius 3 is 2.70 bits per heavy atom. The van der Waals surface area contributed by atoms with E-state index in [-0.39, 0.29) is 11.1 Å². The summed E-state index contributed by atoms with van der Waals surface area (Å²) >= 11 is 0. The topological polar surface area (TPSA) is 105 Å². The second-order valence-electron chi connectivity index (χ2n) is 10.6. The average Bonchev–Trinajstić information content (AvgIpc) is 3.55. The lowest BCUT2D eigenvalue weighted by Gasteiger charge is -2.44. The number of hydrogen-bond acceptors (Lipinski definition) is 6. The third-order valence-electron chi connectivity index (χ3n) is 7.32. The molecule has 0 unspecified atom stereocenters. The van der Waals surface area contributed by atoms with Crippen molar-refractivity contribution < 1.29 is 22.8 Å². The van der Waals surface area contributed by atoms with Gasteiger partial charge < -0.3 is 19.6 Å². The smallest absolute Gasteiger partial charge is 0.411 e. The molecule has 0 saturated heterocycles. The molecule has 2 aromatic heterocycles. The molecule has 3 aromatic carbocycles. The van der Waals surface area contributed by atoms with Gasteiger partial charge in [-0.15, -0.1) is 0 Å². The first-order valence-electron chi connectivity index (χ1n) is 12.9. The summed E-state index contributed by atoms with van der Waals surface area (Å²) in [6, 6.07) is 15.4. The third kappa shape index (κ3) is 4.35. The summed E-state index contributed by atoms with van der Waals surface area (Å²) in [6.07, 6.45) is 0.240. The number of para-hydroxylation sites is 1. The number of amides is 1. The van der Waals surface area contributed by atoms with Gasteiger partial charge in [-0.1, -0.05) is 42.4 Å². The van der Waals surface area contributed by atoms with E-state index in [0.29, 0.717) is 39.7 Å². The van der Waals surface area contributed by atoms with Gasteiger partial charge in [-0.25, -0.2) is 13.6 Å². The highest BCUT2D eigenvalue weighted by Crippen LogP contribution is 2.46. The van der Waals surface area contributed by atoms with Gasteiger partial charge in [-0.2, -0.15) is 4.98 Å². The maximum Gasteiger partial charge on any atom is 0.411 e. The summed E-state index contributed by atoms with van der Waals surface area (Å²) in [6.45, 7) is 7.12. The van der Waals surface area contributed by atoms with Crippen molar-refractivity contribution in [2.45, 2.75) is 45.3 Å². The Labute approximate surface area is 228 Å². The summed E-state index contributed by atoms with van der Waals surface area (Å²) in [5, 5.41) is 10.7.